The summed E-state index contributed by atoms with van der Waals surface area (Å²) in [6.07, 6.45) is 0.720. The molecule has 0 N–H and O–H groups in total. The summed E-state index contributed by atoms with van der Waals surface area (Å²) >= 11 is 3.40. The van der Waals surface area contributed by atoms with Crippen LogP contribution < -0.4 is 0 Å². The average Bonchev–Trinajstić information content (AvgIpc) is 2.56. The van der Waals surface area contributed by atoms with Crippen molar-refractivity contribution < 1.29 is 19.1 Å². The molecule has 1 aromatic rings. The van der Waals surface area contributed by atoms with E-state index in [1.165, 1.54) is 7.11 Å². The van der Waals surface area contributed by atoms with E-state index in [2.05, 4.69) is 15.9 Å². The molecule has 0 spiro atoms. The van der Waals surface area contributed by atoms with Crippen molar-refractivity contribution in [1.82, 2.24) is 4.90 Å². The van der Waals surface area contributed by atoms with Crippen LogP contribution in [0.4, 0.5) is 0 Å². The number of amides is 1. The van der Waals surface area contributed by atoms with E-state index in [4.69, 9.17) is 9.47 Å². The number of benzene rings is 1. The Labute approximate surface area is 146 Å². The van der Waals surface area contributed by atoms with Crippen LogP contribution >= 0.6 is 15.9 Å². The smallest absolute Gasteiger partial charge is 0.310 e. The van der Waals surface area contributed by atoms with E-state index in [0.717, 1.165) is 10.9 Å². The Balaban J connectivity index is 2.82. The first-order valence-electron chi connectivity index (χ1n) is 7.70. The first kappa shape index (κ1) is 19.6. The van der Waals surface area contributed by atoms with Gasteiger partial charge >= 0.3 is 5.97 Å². The van der Waals surface area contributed by atoms with Crippen LogP contribution in [0.5, 0.6) is 0 Å². The summed E-state index contributed by atoms with van der Waals surface area (Å²) in [6, 6.07) is 7.28. The Morgan fingerprint density at radius 3 is 2.61 bits per heavy atom. The van der Waals surface area contributed by atoms with Gasteiger partial charge in [-0.1, -0.05) is 19.1 Å². The van der Waals surface area contributed by atoms with Gasteiger partial charge in [0.2, 0.25) is 0 Å². The predicted molar refractivity (Wildman–Crippen MR) is 92.3 cm³/mol. The second-order valence-corrected chi connectivity index (χ2v) is 6.06. The maximum atomic E-state index is 12.8. The van der Waals surface area contributed by atoms with Gasteiger partial charge in [0.05, 0.1) is 18.6 Å². The number of methoxy groups -OCH3 is 1. The number of ether oxygens (including phenoxy) is 2. The third-order valence-electron chi connectivity index (χ3n) is 3.41. The minimum absolute atomic E-state index is 0.107. The highest BCUT2D eigenvalue weighted by atomic mass is 79.9. The van der Waals surface area contributed by atoms with Gasteiger partial charge in [-0.05, 0) is 41.4 Å². The Morgan fingerprint density at radius 2 is 2.00 bits per heavy atom. The highest BCUT2D eigenvalue weighted by Crippen LogP contribution is 2.19. The van der Waals surface area contributed by atoms with Crippen molar-refractivity contribution in [3.05, 3.63) is 34.3 Å². The molecule has 0 saturated carbocycles. The molecule has 0 bridgehead atoms. The molecule has 1 unspecified atom stereocenters. The SMILES string of the molecule is CCOCCCN(CC(C)C(=O)OC)C(=O)c1ccccc1Br. The van der Waals surface area contributed by atoms with Crippen LogP contribution in [0, 0.1) is 5.92 Å². The molecule has 0 aliphatic heterocycles. The molecule has 0 aliphatic carbocycles. The number of carbonyl (C=O) groups excluding carboxylic acids is 2. The summed E-state index contributed by atoms with van der Waals surface area (Å²) in [5, 5.41) is 0. The van der Waals surface area contributed by atoms with Gasteiger partial charge in [0.15, 0.2) is 0 Å². The molecule has 0 fully saturated rings. The van der Waals surface area contributed by atoms with Crippen molar-refractivity contribution in [3.63, 3.8) is 0 Å². The minimum atomic E-state index is -0.376. The Hall–Kier alpha value is -1.40. The van der Waals surface area contributed by atoms with E-state index in [-0.39, 0.29) is 17.8 Å². The maximum absolute atomic E-state index is 12.8. The van der Waals surface area contributed by atoms with Crippen molar-refractivity contribution in [3.8, 4) is 0 Å². The van der Waals surface area contributed by atoms with Gasteiger partial charge in [0.25, 0.3) is 5.91 Å². The van der Waals surface area contributed by atoms with Crippen LogP contribution in [-0.2, 0) is 14.3 Å². The van der Waals surface area contributed by atoms with Gasteiger partial charge in [-0.2, -0.15) is 0 Å². The number of nitrogens with zero attached hydrogens (tertiary/aromatic N) is 1. The largest absolute Gasteiger partial charge is 0.469 e. The molecule has 0 aromatic heterocycles. The quantitative estimate of drug-likeness (QED) is 0.483. The van der Waals surface area contributed by atoms with E-state index >= 15 is 0 Å². The highest BCUT2D eigenvalue weighted by molar-refractivity contribution is 9.10. The standard InChI is InChI=1S/C17H24BrNO4/c1-4-23-11-7-10-19(12-13(2)17(21)22-3)16(20)14-8-5-6-9-15(14)18/h5-6,8-9,13H,4,7,10-12H2,1-3H3. The average molecular weight is 386 g/mol. The topological polar surface area (TPSA) is 55.8 Å². The molecule has 6 heteroatoms. The summed E-state index contributed by atoms with van der Waals surface area (Å²) in [4.78, 5) is 26.1. The van der Waals surface area contributed by atoms with Crippen LogP contribution in [0.1, 0.15) is 30.6 Å². The molecular weight excluding hydrogens is 362 g/mol. The van der Waals surface area contributed by atoms with E-state index in [1.807, 2.05) is 25.1 Å². The minimum Gasteiger partial charge on any atom is -0.469 e. The van der Waals surface area contributed by atoms with Crippen molar-refractivity contribution in [1.29, 1.82) is 0 Å². The molecule has 1 amide bonds. The number of rotatable bonds is 9. The van der Waals surface area contributed by atoms with Crippen LogP contribution in [0.2, 0.25) is 0 Å². The summed E-state index contributed by atoms with van der Waals surface area (Å²) in [5.74, 6) is -0.803. The van der Waals surface area contributed by atoms with Crippen molar-refractivity contribution in [2.75, 3.05) is 33.4 Å². The lowest BCUT2D eigenvalue weighted by atomic mass is 10.1. The number of hydrogen-bond donors (Lipinski definition) is 0. The molecule has 0 aliphatic rings. The van der Waals surface area contributed by atoms with E-state index in [9.17, 15) is 9.59 Å². The van der Waals surface area contributed by atoms with E-state index < -0.39 is 0 Å². The lowest BCUT2D eigenvalue weighted by molar-refractivity contribution is -0.145. The number of halogens is 1. The summed E-state index contributed by atoms with van der Waals surface area (Å²) in [6.45, 7) is 5.78. The third-order valence-corrected chi connectivity index (χ3v) is 4.10. The Morgan fingerprint density at radius 1 is 1.30 bits per heavy atom. The second-order valence-electron chi connectivity index (χ2n) is 5.21. The van der Waals surface area contributed by atoms with Gasteiger partial charge < -0.3 is 14.4 Å². The fourth-order valence-electron chi connectivity index (χ4n) is 2.19. The van der Waals surface area contributed by atoms with Crippen molar-refractivity contribution in [2.45, 2.75) is 20.3 Å². The highest BCUT2D eigenvalue weighted by Gasteiger charge is 2.23. The molecule has 23 heavy (non-hydrogen) atoms. The first-order chi connectivity index (χ1) is 11.0. The Kier molecular flexibility index (Phi) is 8.87. The molecule has 1 rings (SSSR count). The fraction of sp³-hybridized carbons (Fsp3) is 0.529. The monoisotopic (exact) mass is 385 g/mol. The second kappa shape index (κ2) is 10.4. The zero-order valence-corrected chi connectivity index (χ0v) is 15.5. The van der Waals surface area contributed by atoms with Gasteiger partial charge in [0.1, 0.15) is 0 Å². The maximum Gasteiger partial charge on any atom is 0.310 e. The molecular formula is C17H24BrNO4. The van der Waals surface area contributed by atoms with Gasteiger partial charge in [-0.3, -0.25) is 9.59 Å². The Bertz CT molecular complexity index is 521. The zero-order chi connectivity index (χ0) is 17.2. The molecule has 0 radical (unpaired) electrons. The van der Waals surface area contributed by atoms with E-state index in [0.29, 0.717) is 31.9 Å². The summed E-state index contributed by atoms with van der Waals surface area (Å²) < 4.78 is 10.8. The van der Waals surface area contributed by atoms with Crippen LogP contribution in [0.15, 0.2) is 28.7 Å². The number of carbonyl (C=O) groups is 2. The molecule has 128 valence electrons. The van der Waals surface area contributed by atoms with Crippen LogP contribution in [0.3, 0.4) is 0 Å². The molecule has 0 saturated heterocycles. The third kappa shape index (κ3) is 6.31. The lowest BCUT2D eigenvalue weighted by Gasteiger charge is -2.25. The van der Waals surface area contributed by atoms with E-state index in [1.54, 1.807) is 17.9 Å². The van der Waals surface area contributed by atoms with Crippen molar-refractivity contribution in [2.24, 2.45) is 5.92 Å². The van der Waals surface area contributed by atoms with Crippen molar-refractivity contribution >= 4 is 27.8 Å². The normalized spacial score (nSPS) is 11.8. The zero-order valence-electron chi connectivity index (χ0n) is 13.9. The van der Waals surface area contributed by atoms with Gasteiger partial charge in [-0.15, -0.1) is 0 Å². The summed E-state index contributed by atoms with van der Waals surface area (Å²) in [5.41, 5.74) is 0.584. The predicted octanol–water partition coefficient (Wildman–Crippen LogP) is 3.13. The molecule has 0 heterocycles. The number of esters is 1. The molecule has 5 nitrogen and oxygen atoms in total. The van der Waals surface area contributed by atoms with Gasteiger partial charge in [-0.25, -0.2) is 0 Å². The fourth-order valence-corrected chi connectivity index (χ4v) is 2.64. The number of hydrogen-bond acceptors (Lipinski definition) is 4. The molecule has 1 atom stereocenters. The summed E-state index contributed by atoms with van der Waals surface area (Å²) in [7, 11) is 1.36. The lowest BCUT2D eigenvalue weighted by Crippen LogP contribution is -2.38. The van der Waals surface area contributed by atoms with Crippen LogP contribution in [0.25, 0.3) is 0 Å². The molecule has 1 aromatic carbocycles. The first-order valence-corrected chi connectivity index (χ1v) is 8.49. The van der Waals surface area contributed by atoms with Gasteiger partial charge in [0, 0.05) is 30.8 Å². The van der Waals surface area contributed by atoms with Crippen LogP contribution in [-0.4, -0.2) is 50.2 Å².